The molecule has 0 spiro atoms. The van der Waals surface area contributed by atoms with Crippen LogP contribution in [0.3, 0.4) is 0 Å². The molecule has 3 amide bonds. The first kappa shape index (κ1) is 23.2. The molecule has 1 saturated heterocycles. The molecule has 2 aromatic carbocycles. The Balaban J connectivity index is 1.63. The minimum Gasteiger partial charge on any atom is -0.383 e. The van der Waals surface area contributed by atoms with Crippen molar-refractivity contribution in [1.29, 1.82) is 0 Å². The van der Waals surface area contributed by atoms with Gasteiger partial charge in [0.1, 0.15) is 18.0 Å². The van der Waals surface area contributed by atoms with E-state index in [-0.39, 0.29) is 41.7 Å². The summed E-state index contributed by atoms with van der Waals surface area (Å²) in [6, 6.07) is 8.14. The number of anilines is 1. The van der Waals surface area contributed by atoms with Gasteiger partial charge >= 0.3 is 0 Å². The summed E-state index contributed by atoms with van der Waals surface area (Å²) in [6.45, 7) is 5.58. The molecule has 0 aromatic heterocycles. The number of carbonyl (C=O) groups is 3. The summed E-state index contributed by atoms with van der Waals surface area (Å²) in [4.78, 5) is 41.9. The summed E-state index contributed by atoms with van der Waals surface area (Å²) < 4.78 is 14.4. The van der Waals surface area contributed by atoms with Crippen LogP contribution in [0.5, 0.6) is 0 Å². The summed E-state index contributed by atoms with van der Waals surface area (Å²) >= 11 is 5.84. The molecule has 4 rings (SSSR count). The number of amides is 3. The number of aliphatic hydroxyl groups excluding tert-OH is 1. The smallest absolute Gasteiger partial charge is 0.256 e. The van der Waals surface area contributed by atoms with Crippen LogP contribution in [-0.2, 0) is 9.59 Å². The van der Waals surface area contributed by atoms with Crippen LogP contribution in [0.15, 0.2) is 36.4 Å². The Labute approximate surface area is 196 Å². The fraction of sp³-hybridized carbons (Fsp3) is 0.375. The van der Waals surface area contributed by atoms with Gasteiger partial charge < -0.3 is 20.2 Å². The highest BCUT2D eigenvalue weighted by molar-refractivity contribution is 6.30. The number of nitrogens with one attached hydrogen (secondary N) is 1. The van der Waals surface area contributed by atoms with Crippen molar-refractivity contribution in [2.75, 3.05) is 25.0 Å². The number of halogens is 2. The monoisotopic (exact) mass is 473 g/mol. The third-order valence-corrected chi connectivity index (χ3v) is 6.29. The molecule has 2 atom stereocenters. The average molecular weight is 474 g/mol. The Bertz CT molecular complexity index is 1150. The third-order valence-electron chi connectivity index (χ3n) is 6.06. The van der Waals surface area contributed by atoms with Gasteiger partial charge in [0.2, 0.25) is 5.91 Å². The number of aliphatic hydroxyl groups is 1. The fourth-order valence-electron chi connectivity index (χ4n) is 4.09. The number of hydrogen-bond donors (Lipinski definition) is 2. The van der Waals surface area contributed by atoms with E-state index in [2.05, 4.69) is 5.32 Å². The van der Waals surface area contributed by atoms with Crippen molar-refractivity contribution < 1.29 is 23.9 Å². The number of hydrogen-bond acceptors (Lipinski definition) is 4. The maximum atomic E-state index is 14.4. The van der Waals surface area contributed by atoms with Gasteiger partial charge in [-0.2, -0.15) is 0 Å². The van der Waals surface area contributed by atoms with E-state index in [1.807, 2.05) is 0 Å². The maximum absolute atomic E-state index is 14.4. The molecule has 0 unspecified atom stereocenters. The van der Waals surface area contributed by atoms with Gasteiger partial charge in [-0.15, -0.1) is 0 Å². The summed E-state index contributed by atoms with van der Waals surface area (Å²) in [5.41, 5.74) is 0.677. The normalized spacial score (nSPS) is 19.4. The van der Waals surface area contributed by atoms with Crippen molar-refractivity contribution in [3.63, 3.8) is 0 Å². The van der Waals surface area contributed by atoms with Crippen molar-refractivity contribution >= 4 is 35.0 Å². The molecule has 33 heavy (non-hydrogen) atoms. The molecule has 0 saturated carbocycles. The lowest BCUT2D eigenvalue weighted by molar-refractivity contribution is -0.149. The largest absolute Gasteiger partial charge is 0.383 e. The molecule has 2 aromatic rings. The zero-order valence-corrected chi connectivity index (χ0v) is 19.3. The molecule has 2 aliphatic rings. The third kappa shape index (κ3) is 4.32. The molecule has 0 radical (unpaired) electrons. The summed E-state index contributed by atoms with van der Waals surface area (Å²) in [7, 11) is 0. The zero-order chi connectivity index (χ0) is 24.1. The van der Waals surface area contributed by atoms with Crippen LogP contribution in [0.1, 0.15) is 31.1 Å². The summed E-state index contributed by atoms with van der Waals surface area (Å²) in [5.74, 6) is -1.79. The van der Waals surface area contributed by atoms with Crippen molar-refractivity contribution in [3.8, 4) is 11.1 Å². The van der Waals surface area contributed by atoms with Gasteiger partial charge in [0, 0.05) is 23.7 Å². The predicted molar refractivity (Wildman–Crippen MR) is 122 cm³/mol. The van der Waals surface area contributed by atoms with Crippen LogP contribution in [0.25, 0.3) is 11.1 Å². The molecule has 2 N–H and O–H groups in total. The van der Waals surface area contributed by atoms with E-state index in [0.29, 0.717) is 11.3 Å². The van der Waals surface area contributed by atoms with Gasteiger partial charge in [-0.3, -0.25) is 14.4 Å². The number of fused-ring (bicyclic) bond motifs is 2. The van der Waals surface area contributed by atoms with Crippen molar-refractivity contribution in [3.05, 3.63) is 52.8 Å². The van der Waals surface area contributed by atoms with Gasteiger partial charge in [0.15, 0.2) is 0 Å². The highest BCUT2D eigenvalue weighted by atomic mass is 35.5. The maximum Gasteiger partial charge on any atom is 0.256 e. The lowest BCUT2D eigenvalue weighted by atomic mass is 9.88. The van der Waals surface area contributed by atoms with Crippen LogP contribution in [0.4, 0.5) is 10.1 Å². The highest BCUT2D eigenvalue weighted by Crippen LogP contribution is 2.32. The first-order valence-electron chi connectivity index (χ1n) is 10.7. The van der Waals surface area contributed by atoms with Gasteiger partial charge in [0.05, 0.1) is 17.8 Å². The zero-order valence-electron chi connectivity index (χ0n) is 18.6. The molecule has 2 heterocycles. The van der Waals surface area contributed by atoms with E-state index < -0.39 is 35.2 Å². The molecule has 0 bridgehead atoms. The van der Waals surface area contributed by atoms with E-state index in [1.165, 1.54) is 21.9 Å². The van der Waals surface area contributed by atoms with Gasteiger partial charge in [0.25, 0.3) is 11.8 Å². The number of nitrogens with zero attached hydrogens (tertiary/aromatic N) is 2. The molecular weight excluding hydrogens is 449 g/mol. The SMILES string of the molecule is CC(C)(C)[C@H](O)C(=O)N1CCN2C(=O)c3cc(-c4ccc(Cl)cc4F)ccc3NC(=O)[C@H]2C1. The number of piperazine rings is 1. The van der Waals surface area contributed by atoms with Crippen LogP contribution in [0, 0.1) is 11.2 Å². The van der Waals surface area contributed by atoms with Gasteiger partial charge in [-0.05, 0) is 41.3 Å². The molecular formula is C24H25ClFN3O4. The number of benzene rings is 2. The van der Waals surface area contributed by atoms with Gasteiger partial charge in [-0.25, -0.2) is 4.39 Å². The first-order chi connectivity index (χ1) is 15.5. The fourth-order valence-corrected chi connectivity index (χ4v) is 4.24. The highest BCUT2D eigenvalue weighted by Gasteiger charge is 2.42. The predicted octanol–water partition coefficient (Wildman–Crippen LogP) is 3.16. The standard InChI is InChI=1S/C24H25ClFN3O4/c1-24(2,3)20(30)23(33)28-8-9-29-19(12-28)21(31)27-18-7-4-13(10-16(18)22(29)32)15-6-5-14(25)11-17(15)26/h4-7,10-11,19-20,30H,8-9,12H2,1-3H3,(H,27,31)/t19-,20-/m1/s1. The molecule has 174 valence electrons. The Morgan fingerprint density at radius 2 is 1.88 bits per heavy atom. The Kier molecular flexibility index (Phi) is 5.92. The molecule has 7 nitrogen and oxygen atoms in total. The van der Waals surface area contributed by atoms with E-state index in [0.717, 1.165) is 0 Å². The van der Waals surface area contributed by atoms with Crippen LogP contribution in [0.2, 0.25) is 5.02 Å². The lowest BCUT2D eigenvalue weighted by Crippen LogP contribution is -2.61. The molecule has 0 aliphatic carbocycles. The van der Waals surface area contributed by atoms with E-state index >= 15 is 0 Å². The first-order valence-corrected chi connectivity index (χ1v) is 11.0. The van der Waals surface area contributed by atoms with Crippen LogP contribution < -0.4 is 5.32 Å². The Hall–Kier alpha value is -2.97. The van der Waals surface area contributed by atoms with E-state index in [4.69, 9.17) is 11.6 Å². The lowest BCUT2D eigenvalue weighted by Gasteiger charge is -2.41. The Morgan fingerprint density at radius 1 is 1.15 bits per heavy atom. The summed E-state index contributed by atoms with van der Waals surface area (Å²) in [6.07, 6.45) is -1.22. The van der Waals surface area contributed by atoms with Crippen molar-refractivity contribution in [2.45, 2.75) is 32.9 Å². The second-order valence-electron chi connectivity index (χ2n) is 9.44. The second kappa shape index (κ2) is 8.43. The Morgan fingerprint density at radius 3 is 2.55 bits per heavy atom. The van der Waals surface area contributed by atoms with Gasteiger partial charge in [-0.1, -0.05) is 38.4 Å². The second-order valence-corrected chi connectivity index (χ2v) is 9.88. The minimum atomic E-state index is -1.22. The van der Waals surface area contributed by atoms with Crippen LogP contribution >= 0.6 is 11.6 Å². The quantitative estimate of drug-likeness (QED) is 0.701. The molecule has 1 fully saturated rings. The minimum absolute atomic E-state index is 0.0177. The molecule has 9 heteroatoms. The van der Waals surface area contributed by atoms with Crippen molar-refractivity contribution in [1.82, 2.24) is 9.80 Å². The topological polar surface area (TPSA) is 89.9 Å². The van der Waals surface area contributed by atoms with E-state index in [1.54, 1.807) is 45.0 Å². The van der Waals surface area contributed by atoms with Crippen LogP contribution in [-0.4, -0.2) is 64.4 Å². The number of rotatable bonds is 2. The average Bonchev–Trinajstić information content (AvgIpc) is 2.86. The van der Waals surface area contributed by atoms with Crippen molar-refractivity contribution in [2.24, 2.45) is 5.41 Å². The molecule has 2 aliphatic heterocycles. The summed E-state index contributed by atoms with van der Waals surface area (Å²) in [5, 5.41) is 13.4. The van der Waals surface area contributed by atoms with E-state index in [9.17, 15) is 23.9 Å². The number of carbonyl (C=O) groups excluding carboxylic acids is 3.